The number of halogens is 1. The van der Waals surface area contributed by atoms with E-state index in [1.54, 1.807) is 19.2 Å². The molecule has 0 radical (unpaired) electrons. The van der Waals surface area contributed by atoms with Crippen molar-refractivity contribution in [1.82, 2.24) is 15.3 Å². The minimum Gasteiger partial charge on any atom is -0.495 e. The van der Waals surface area contributed by atoms with Crippen molar-refractivity contribution in [1.29, 1.82) is 0 Å². The van der Waals surface area contributed by atoms with Crippen molar-refractivity contribution in [3.05, 3.63) is 40.7 Å². The van der Waals surface area contributed by atoms with Gasteiger partial charge < -0.3 is 15.4 Å². The molecule has 1 amide bonds. The molecule has 7 heteroatoms. The fourth-order valence-corrected chi connectivity index (χ4v) is 2.15. The number of hydrogen-bond donors (Lipinski definition) is 2. The molecule has 0 aliphatic carbocycles. The van der Waals surface area contributed by atoms with Crippen LogP contribution in [0.25, 0.3) is 0 Å². The maximum atomic E-state index is 12.2. The fraction of sp³-hybridized carbons (Fsp3) is 0.353. The SMILES string of the molecule is CCC(C)NC(=O)c1ccnc(Nc2cc(C)c(Cl)cc2OC)n1. The molecule has 2 aromatic rings. The highest BCUT2D eigenvalue weighted by atomic mass is 35.5. The quantitative estimate of drug-likeness (QED) is 0.832. The zero-order valence-corrected chi connectivity index (χ0v) is 14.9. The third kappa shape index (κ3) is 4.35. The lowest BCUT2D eigenvalue weighted by Crippen LogP contribution is -2.32. The van der Waals surface area contributed by atoms with Gasteiger partial charge in [-0.2, -0.15) is 0 Å². The number of benzene rings is 1. The summed E-state index contributed by atoms with van der Waals surface area (Å²) in [6.45, 7) is 5.84. The molecule has 0 spiro atoms. The van der Waals surface area contributed by atoms with Gasteiger partial charge in [-0.1, -0.05) is 18.5 Å². The first-order valence-electron chi connectivity index (χ1n) is 7.69. The molecule has 0 fully saturated rings. The van der Waals surface area contributed by atoms with E-state index in [0.717, 1.165) is 12.0 Å². The van der Waals surface area contributed by atoms with Gasteiger partial charge in [-0.25, -0.2) is 9.97 Å². The molecule has 6 nitrogen and oxygen atoms in total. The van der Waals surface area contributed by atoms with E-state index in [-0.39, 0.29) is 11.9 Å². The Morgan fingerprint density at radius 2 is 2.17 bits per heavy atom. The first-order chi connectivity index (χ1) is 11.4. The van der Waals surface area contributed by atoms with Crippen LogP contribution in [0.1, 0.15) is 36.3 Å². The van der Waals surface area contributed by atoms with Gasteiger partial charge in [-0.3, -0.25) is 4.79 Å². The number of rotatable bonds is 6. The summed E-state index contributed by atoms with van der Waals surface area (Å²) < 4.78 is 5.32. The highest BCUT2D eigenvalue weighted by Crippen LogP contribution is 2.32. The van der Waals surface area contributed by atoms with Crippen LogP contribution in [0.4, 0.5) is 11.6 Å². The fourth-order valence-electron chi connectivity index (χ4n) is 2.00. The second-order valence-electron chi connectivity index (χ2n) is 5.47. The van der Waals surface area contributed by atoms with Crippen LogP contribution in [0, 0.1) is 6.92 Å². The average molecular weight is 349 g/mol. The third-order valence-corrected chi connectivity index (χ3v) is 4.01. The van der Waals surface area contributed by atoms with Crippen LogP contribution in [0.5, 0.6) is 5.75 Å². The summed E-state index contributed by atoms with van der Waals surface area (Å²) in [6, 6.07) is 5.23. The molecule has 128 valence electrons. The number of aromatic nitrogens is 2. The van der Waals surface area contributed by atoms with E-state index < -0.39 is 0 Å². The minimum absolute atomic E-state index is 0.0860. The number of anilines is 2. The molecule has 1 aromatic heterocycles. The number of carbonyl (C=O) groups excluding carboxylic acids is 1. The Labute approximate surface area is 146 Å². The molecule has 0 aliphatic rings. The van der Waals surface area contributed by atoms with Crippen molar-refractivity contribution in [3.8, 4) is 5.75 Å². The van der Waals surface area contributed by atoms with Crippen molar-refractivity contribution < 1.29 is 9.53 Å². The lowest BCUT2D eigenvalue weighted by atomic mass is 10.2. The summed E-state index contributed by atoms with van der Waals surface area (Å²) >= 11 is 6.10. The molecule has 1 atom stereocenters. The molecule has 0 saturated carbocycles. The Morgan fingerprint density at radius 3 is 2.83 bits per heavy atom. The van der Waals surface area contributed by atoms with Crippen LogP contribution >= 0.6 is 11.6 Å². The van der Waals surface area contributed by atoms with E-state index in [0.29, 0.717) is 28.1 Å². The normalized spacial score (nSPS) is 11.7. The molecule has 0 bridgehead atoms. The summed E-state index contributed by atoms with van der Waals surface area (Å²) in [5.41, 5.74) is 1.88. The van der Waals surface area contributed by atoms with Crippen LogP contribution in [0.2, 0.25) is 5.02 Å². The Hall–Kier alpha value is -2.34. The molecule has 2 rings (SSSR count). The summed E-state index contributed by atoms with van der Waals surface area (Å²) in [6.07, 6.45) is 2.39. The lowest BCUT2D eigenvalue weighted by Gasteiger charge is -2.13. The van der Waals surface area contributed by atoms with Gasteiger partial charge in [0.25, 0.3) is 5.91 Å². The van der Waals surface area contributed by atoms with E-state index in [4.69, 9.17) is 16.3 Å². The molecule has 1 aromatic carbocycles. The monoisotopic (exact) mass is 348 g/mol. The van der Waals surface area contributed by atoms with Gasteiger partial charge in [0.2, 0.25) is 5.95 Å². The van der Waals surface area contributed by atoms with Crippen molar-refractivity contribution in [2.75, 3.05) is 12.4 Å². The average Bonchev–Trinajstić information content (AvgIpc) is 2.58. The van der Waals surface area contributed by atoms with Crippen molar-refractivity contribution >= 4 is 29.1 Å². The molecule has 24 heavy (non-hydrogen) atoms. The Kier molecular flexibility index (Phi) is 5.98. The number of amides is 1. The highest BCUT2D eigenvalue weighted by molar-refractivity contribution is 6.31. The van der Waals surface area contributed by atoms with Crippen molar-refractivity contribution in [2.24, 2.45) is 0 Å². The first-order valence-corrected chi connectivity index (χ1v) is 8.07. The van der Waals surface area contributed by atoms with Gasteiger partial charge in [0.05, 0.1) is 12.8 Å². The van der Waals surface area contributed by atoms with Gasteiger partial charge in [0.15, 0.2) is 0 Å². The van der Waals surface area contributed by atoms with E-state index in [1.807, 2.05) is 26.8 Å². The number of nitrogens with zero attached hydrogens (tertiary/aromatic N) is 2. The highest BCUT2D eigenvalue weighted by Gasteiger charge is 2.13. The largest absolute Gasteiger partial charge is 0.495 e. The van der Waals surface area contributed by atoms with Crippen LogP contribution < -0.4 is 15.4 Å². The molecule has 0 aliphatic heterocycles. The summed E-state index contributed by atoms with van der Waals surface area (Å²) in [5, 5.41) is 6.56. The predicted molar refractivity (Wildman–Crippen MR) is 95.3 cm³/mol. The van der Waals surface area contributed by atoms with Crippen molar-refractivity contribution in [2.45, 2.75) is 33.2 Å². The third-order valence-electron chi connectivity index (χ3n) is 3.61. The molecular weight excluding hydrogens is 328 g/mol. The summed E-state index contributed by atoms with van der Waals surface area (Å²) in [5.74, 6) is 0.657. The summed E-state index contributed by atoms with van der Waals surface area (Å²) in [4.78, 5) is 20.6. The van der Waals surface area contributed by atoms with E-state index in [9.17, 15) is 4.79 Å². The Morgan fingerprint density at radius 1 is 1.42 bits per heavy atom. The van der Waals surface area contributed by atoms with E-state index in [2.05, 4.69) is 20.6 Å². The Bertz CT molecular complexity index is 737. The topological polar surface area (TPSA) is 76.1 Å². The first kappa shape index (κ1) is 18.0. The number of methoxy groups -OCH3 is 1. The molecule has 0 saturated heterocycles. The van der Waals surface area contributed by atoms with Crippen LogP contribution in [0.3, 0.4) is 0 Å². The molecule has 1 heterocycles. The van der Waals surface area contributed by atoms with Crippen LogP contribution in [-0.4, -0.2) is 29.0 Å². The zero-order chi connectivity index (χ0) is 17.7. The smallest absolute Gasteiger partial charge is 0.270 e. The van der Waals surface area contributed by atoms with Gasteiger partial charge in [-0.15, -0.1) is 0 Å². The Balaban J connectivity index is 2.24. The number of ether oxygens (including phenoxy) is 1. The lowest BCUT2D eigenvalue weighted by molar-refractivity contribution is 0.0934. The van der Waals surface area contributed by atoms with Gasteiger partial charge in [0, 0.05) is 23.3 Å². The molecule has 2 N–H and O–H groups in total. The van der Waals surface area contributed by atoms with Gasteiger partial charge in [0.1, 0.15) is 11.4 Å². The minimum atomic E-state index is -0.228. The van der Waals surface area contributed by atoms with Gasteiger partial charge >= 0.3 is 0 Å². The zero-order valence-electron chi connectivity index (χ0n) is 14.2. The predicted octanol–water partition coefficient (Wildman–Crippen LogP) is 3.72. The van der Waals surface area contributed by atoms with Gasteiger partial charge in [-0.05, 0) is 38.0 Å². The maximum absolute atomic E-state index is 12.2. The van der Waals surface area contributed by atoms with Crippen molar-refractivity contribution in [3.63, 3.8) is 0 Å². The number of hydrogen-bond acceptors (Lipinski definition) is 5. The second kappa shape index (κ2) is 7.97. The van der Waals surface area contributed by atoms with E-state index in [1.165, 1.54) is 6.20 Å². The standard InChI is InChI=1S/C17H21ClN4O2/c1-5-11(3)20-16(23)13-6-7-19-17(21-13)22-14-8-10(2)12(18)9-15(14)24-4/h6-9,11H,5H2,1-4H3,(H,20,23)(H,19,21,22). The molecular formula is C17H21ClN4O2. The maximum Gasteiger partial charge on any atom is 0.270 e. The van der Waals surface area contributed by atoms with Crippen LogP contribution in [0.15, 0.2) is 24.4 Å². The second-order valence-corrected chi connectivity index (χ2v) is 5.88. The van der Waals surface area contributed by atoms with Crippen LogP contribution in [-0.2, 0) is 0 Å². The van der Waals surface area contributed by atoms with E-state index >= 15 is 0 Å². The summed E-state index contributed by atoms with van der Waals surface area (Å²) in [7, 11) is 1.56. The molecule has 1 unspecified atom stereocenters. The number of carbonyl (C=O) groups is 1. The number of nitrogens with one attached hydrogen (secondary N) is 2. The number of aryl methyl sites for hydroxylation is 1.